The second kappa shape index (κ2) is 17.9. The van der Waals surface area contributed by atoms with E-state index in [4.69, 9.17) is 32.5 Å². The van der Waals surface area contributed by atoms with E-state index in [1.165, 1.54) is 0 Å². The molecule has 1 saturated carbocycles. The fraction of sp³-hybridized carbons (Fsp3) is 0.727. The molecular formula is C33H54O8Si2. The number of rotatable bonds is 17. The summed E-state index contributed by atoms with van der Waals surface area (Å²) >= 11 is 0. The lowest BCUT2D eigenvalue weighted by Gasteiger charge is -2.42. The maximum Gasteiger partial charge on any atom is 0.161 e. The smallest absolute Gasteiger partial charge is 0.161 e. The van der Waals surface area contributed by atoms with Gasteiger partial charge in [-0.3, -0.25) is 0 Å². The Balaban J connectivity index is 1.59. The van der Waals surface area contributed by atoms with Crippen LogP contribution in [0, 0.1) is 23.2 Å². The fourth-order valence-corrected chi connectivity index (χ4v) is 8.75. The molecule has 0 radical (unpaired) electrons. The summed E-state index contributed by atoms with van der Waals surface area (Å²) in [4.78, 5) is 12.2. The number of hydrogen-bond donors (Lipinski definition) is 0. The number of carbonyl (C=O) groups excluding carboxylic acids is 1. The molecule has 1 aliphatic carbocycles. The third kappa shape index (κ3) is 10.1. The van der Waals surface area contributed by atoms with Gasteiger partial charge < -0.3 is 37.3 Å². The molecule has 1 aromatic rings. The molecule has 8 nitrogen and oxygen atoms in total. The molecule has 2 saturated heterocycles. The lowest BCUT2D eigenvalue weighted by Crippen LogP contribution is -2.43. The van der Waals surface area contributed by atoms with Crippen molar-refractivity contribution in [2.75, 3.05) is 19.8 Å². The van der Waals surface area contributed by atoms with Crippen molar-refractivity contribution in [1.82, 2.24) is 0 Å². The van der Waals surface area contributed by atoms with Crippen molar-refractivity contribution in [3.8, 4) is 5.75 Å². The van der Waals surface area contributed by atoms with Crippen molar-refractivity contribution in [2.45, 2.75) is 109 Å². The molecule has 0 bridgehead atoms. The maximum absolute atomic E-state index is 12.2. The molecule has 1 aromatic carbocycles. The van der Waals surface area contributed by atoms with Gasteiger partial charge in [0.05, 0.1) is 6.10 Å². The lowest BCUT2D eigenvalue weighted by molar-refractivity contribution is -0.193. The highest BCUT2D eigenvalue weighted by molar-refractivity contribution is 6.26. The molecule has 0 amide bonds. The Hall–Kier alpha value is -1.38. The van der Waals surface area contributed by atoms with E-state index in [-0.39, 0.29) is 54.2 Å². The molecule has 0 aromatic heterocycles. The molecule has 242 valence electrons. The Bertz CT molecular complexity index is 945. The van der Waals surface area contributed by atoms with Crippen LogP contribution in [0.5, 0.6) is 5.75 Å². The molecule has 2 aliphatic heterocycles. The first kappa shape index (κ1) is 34.5. The minimum Gasteiger partial charge on any atom is -0.491 e. The van der Waals surface area contributed by atoms with Crippen LogP contribution in [0.15, 0.2) is 42.5 Å². The first-order valence-corrected chi connectivity index (χ1v) is 20.5. The van der Waals surface area contributed by atoms with Gasteiger partial charge in [-0.2, -0.15) is 0 Å². The zero-order valence-electron chi connectivity index (χ0n) is 26.7. The highest BCUT2D eigenvalue weighted by Crippen LogP contribution is 2.52. The van der Waals surface area contributed by atoms with Crippen LogP contribution in [0.25, 0.3) is 0 Å². The van der Waals surface area contributed by atoms with E-state index in [1.54, 1.807) is 0 Å². The van der Waals surface area contributed by atoms with Gasteiger partial charge in [0.25, 0.3) is 0 Å². The predicted molar refractivity (Wildman–Crippen MR) is 172 cm³/mol. The highest BCUT2D eigenvalue weighted by Gasteiger charge is 2.52. The monoisotopic (exact) mass is 634 g/mol. The third-order valence-corrected chi connectivity index (χ3v) is 10.4. The summed E-state index contributed by atoms with van der Waals surface area (Å²) in [6.45, 7) is 10.6. The summed E-state index contributed by atoms with van der Waals surface area (Å²) in [6, 6.07) is 9.81. The van der Waals surface area contributed by atoms with E-state index in [0.29, 0.717) is 19.6 Å². The van der Waals surface area contributed by atoms with Gasteiger partial charge in [-0.25, -0.2) is 0 Å². The molecule has 10 heteroatoms. The number of ether oxygens (including phenoxy) is 5. The molecular weight excluding hydrogens is 581 g/mol. The van der Waals surface area contributed by atoms with Crippen LogP contribution in [-0.2, 0) is 32.6 Å². The van der Waals surface area contributed by atoms with E-state index >= 15 is 0 Å². The summed E-state index contributed by atoms with van der Waals surface area (Å²) < 4.78 is 43.9. The molecule has 4 rings (SSSR count). The summed E-state index contributed by atoms with van der Waals surface area (Å²) in [5, 5.41) is 0. The van der Waals surface area contributed by atoms with Crippen molar-refractivity contribution in [3.05, 3.63) is 42.5 Å². The zero-order chi connectivity index (χ0) is 30.5. The largest absolute Gasteiger partial charge is 0.491 e. The predicted octanol–water partition coefficient (Wildman–Crippen LogP) is 4.94. The summed E-state index contributed by atoms with van der Waals surface area (Å²) in [5.41, 5.74) is -0.278. The number of carbonyl (C=O) groups is 1. The standard InChI is InChI=1S/C33H54O8Si2/c1-33(2,32(40-42-3)41-43-4)28-22-29(39-31-15-9-11-21-36-31)27(26(28)18-19-34)17-16-25(38-30-14-8-10-20-35-30)23-37-24-12-6-5-7-13-24/h5-7,12-13,16-17,19,25-32H,8-11,14-15,18,20-23,42-43H2,1-4H3. The van der Waals surface area contributed by atoms with E-state index in [1.807, 2.05) is 30.3 Å². The Labute approximate surface area is 263 Å². The fourth-order valence-electron chi connectivity index (χ4n) is 6.90. The van der Waals surface area contributed by atoms with Crippen molar-refractivity contribution in [1.29, 1.82) is 0 Å². The average molecular weight is 635 g/mol. The van der Waals surface area contributed by atoms with Crippen LogP contribution in [0.1, 0.15) is 65.2 Å². The average Bonchev–Trinajstić information content (AvgIpc) is 3.37. The van der Waals surface area contributed by atoms with Gasteiger partial charge in [0.15, 0.2) is 32.1 Å². The van der Waals surface area contributed by atoms with Crippen molar-refractivity contribution in [2.24, 2.45) is 23.2 Å². The summed E-state index contributed by atoms with van der Waals surface area (Å²) in [6.07, 6.45) is 11.6. The van der Waals surface area contributed by atoms with Gasteiger partial charge in [0.2, 0.25) is 0 Å². The van der Waals surface area contributed by atoms with Gasteiger partial charge in [-0.15, -0.1) is 0 Å². The van der Waals surface area contributed by atoms with Crippen LogP contribution >= 0.6 is 0 Å². The van der Waals surface area contributed by atoms with Crippen molar-refractivity contribution in [3.63, 3.8) is 0 Å². The maximum atomic E-state index is 12.2. The zero-order valence-corrected chi connectivity index (χ0v) is 29.5. The summed E-state index contributed by atoms with van der Waals surface area (Å²) in [5.74, 6) is 1.06. The van der Waals surface area contributed by atoms with E-state index in [2.05, 4.69) is 39.1 Å². The normalized spacial score (nSPS) is 30.4. The molecule has 3 aliphatic rings. The van der Waals surface area contributed by atoms with Crippen LogP contribution < -0.4 is 4.74 Å². The van der Waals surface area contributed by atoms with Crippen molar-refractivity contribution >= 4 is 25.8 Å². The minimum atomic E-state index is -0.678. The number of hydrogen-bond acceptors (Lipinski definition) is 8. The van der Waals surface area contributed by atoms with E-state index in [9.17, 15) is 4.79 Å². The molecule has 7 atom stereocenters. The highest BCUT2D eigenvalue weighted by atomic mass is 28.2. The Morgan fingerprint density at radius 3 is 2.26 bits per heavy atom. The second-order valence-electron chi connectivity index (χ2n) is 12.5. The van der Waals surface area contributed by atoms with Crippen LogP contribution in [-0.4, -0.2) is 76.7 Å². The minimum absolute atomic E-state index is 0.00786. The SMILES string of the molecule is C[SiH2]OC(O[SiH2]C)C(C)(C)C1CC(OC2CCCCO2)C(C=CC(COc2ccccc2)OC2CCCCO2)C1CC=O. The van der Waals surface area contributed by atoms with Gasteiger partial charge in [0, 0.05) is 31.0 Å². The Morgan fingerprint density at radius 1 is 0.977 bits per heavy atom. The first-order chi connectivity index (χ1) is 21.0. The third-order valence-electron chi connectivity index (χ3n) is 9.13. The molecule has 3 fully saturated rings. The molecule has 7 unspecified atom stereocenters. The van der Waals surface area contributed by atoms with Gasteiger partial charge in [-0.05, 0) is 68.9 Å². The molecule has 2 heterocycles. The van der Waals surface area contributed by atoms with Gasteiger partial charge in [0.1, 0.15) is 31.0 Å². The van der Waals surface area contributed by atoms with Crippen molar-refractivity contribution < 1.29 is 37.3 Å². The van der Waals surface area contributed by atoms with E-state index < -0.39 is 19.5 Å². The Kier molecular flexibility index (Phi) is 14.4. The number of benzene rings is 1. The number of aldehydes is 1. The molecule has 0 N–H and O–H groups in total. The Morgan fingerprint density at radius 2 is 1.65 bits per heavy atom. The molecule has 0 spiro atoms. The second-order valence-corrected chi connectivity index (χ2v) is 14.3. The lowest BCUT2D eigenvalue weighted by atomic mass is 9.70. The van der Waals surface area contributed by atoms with Crippen LogP contribution in [0.2, 0.25) is 13.1 Å². The summed E-state index contributed by atoms with van der Waals surface area (Å²) in [7, 11) is -1.36. The first-order valence-electron chi connectivity index (χ1n) is 16.5. The van der Waals surface area contributed by atoms with Crippen LogP contribution in [0.4, 0.5) is 0 Å². The molecule has 43 heavy (non-hydrogen) atoms. The quantitative estimate of drug-likeness (QED) is 0.103. The van der Waals surface area contributed by atoms with E-state index in [0.717, 1.165) is 63.6 Å². The number of para-hydroxylation sites is 1. The topological polar surface area (TPSA) is 81.7 Å². The van der Waals surface area contributed by atoms with Gasteiger partial charge >= 0.3 is 0 Å². The van der Waals surface area contributed by atoms with Gasteiger partial charge in [-0.1, -0.05) is 57.3 Å². The van der Waals surface area contributed by atoms with Crippen LogP contribution in [0.3, 0.4) is 0 Å².